The molecule has 1 amide bonds. The highest BCUT2D eigenvalue weighted by Gasteiger charge is 2.27. The number of nitrogens with two attached hydrogens (primary N) is 2. The van der Waals surface area contributed by atoms with E-state index in [4.69, 9.17) is 11.5 Å². The predicted molar refractivity (Wildman–Crippen MR) is 74.6 cm³/mol. The van der Waals surface area contributed by atoms with Gasteiger partial charge >= 0.3 is 0 Å². The molecular weight excluding hydrogens is 242 g/mol. The highest BCUT2D eigenvalue weighted by atomic mass is 16.1. The van der Waals surface area contributed by atoms with E-state index in [1.807, 2.05) is 11.8 Å². The number of hydrogen-bond acceptors (Lipinski definition) is 5. The Morgan fingerprint density at radius 2 is 2.11 bits per heavy atom. The van der Waals surface area contributed by atoms with Gasteiger partial charge in [0.25, 0.3) is 0 Å². The molecule has 0 aliphatic heterocycles. The number of anilines is 2. The molecule has 0 unspecified atom stereocenters. The fourth-order valence-corrected chi connectivity index (χ4v) is 2.76. The smallest absolute Gasteiger partial charge is 0.237 e. The third kappa shape index (κ3) is 2.94. The zero-order chi connectivity index (χ0) is 13.8. The monoisotopic (exact) mass is 263 g/mol. The highest BCUT2D eigenvalue weighted by Crippen LogP contribution is 2.30. The molecule has 0 bridgehead atoms. The van der Waals surface area contributed by atoms with Crippen molar-refractivity contribution in [1.29, 1.82) is 0 Å². The first-order valence-corrected chi connectivity index (χ1v) is 6.77. The molecule has 19 heavy (non-hydrogen) atoms. The second kappa shape index (κ2) is 5.86. The van der Waals surface area contributed by atoms with E-state index in [0.29, 0.717) is 11.9 Å². The summed E-state index contributed by atoms with van der Waals surface area (Å²) in [6.45, 7) is 2.20. The Kier molecular flexibility index (Phi) is 4.19. The van der Waals surface area contributed by atoms with Gasteiger partial charge in [-0.05, 0) is 19.3 Å². The lowest BCUT2D eigenvalue weighted by Gasteiger charge is -2.30. The van der Waals surface area contributed by atoms with Crippen LogP contribution in [0.15, 0.2) is 6.33 Å². The fourth-order valence-electron chi connectivity index (χ4n) is 2.76. The van der Waals surface area contributed by atoms with E-state index >= 15 is 0 Å². The van der Waals surface area contributed by atoms with Gasteiger partial charge in [-0.25, -0.2) is 9.97 Å². The van der Waals surface area contributed by atoms with Crippen molar-refractivity contribution in [3.8, 4) is 0 Å². The Bertz CT molecular complexity index is 456. The molecule has 0 atom stereocenters. The lowest BCUT2D eigenvalue weighted by atomic mass is 10.1. The molecule has 104 valence electrons. The third-order valence-corrected chi connectivity index (χ3v) is 3.67. The number of primary amides is 1. The van der Waals surface area contributed by atoms with Gasteiger partial charge in [-0.15, -0.1) is 0 Å². The first-order chi connectivity index (χ1) is 9.13. The van der Waals surface area contributed by atoms with Gasteiger partial charge in [0.2, 0.25) is 5.91 Å². The van der Waals surface area contributed by atoms with Gasteiger partial charge in [-0.1, -0.05) is 19.8 Å². The van der Waals surface area contributed by atoms with Gasteiger partial charge in [0.05, 0.1) is 6.54 Å². The Morgan fingerprint density at radius 3 is 2.68 bits per heavy atom. The molecule has 1 aromatic heterocycles. The molecule has 1 heterocycles. The largest absolute Gasteiger partial charge is 0.383 e. The summed E-state index contributed by atoms with van der Waals surface area (Å²) in [6.07, 6.45) is 6.70. The summed E-state index contributed by atoms with van der Waals surface area (Å²) in [7, 11) is 0. The first kappa shape index (κ1) is 13.6. The van der Waals surface area contributed by atoms with Crippen molar-refractivity contribution >= 4 is 17.5 Å². The Morgan fingerprint density at radius 1 is 1.42 bits per heavy atom. The second-order valence-electron chi connectivity index (χ2n) is 4.95. The zero-order valence-electron chi connectivity index (χ0n) is 11.3. The SMILES string of the molecule is CCc1c(N)ncnc1N(CC(N)=O)C1CCCC1. The van der Waals surface area contributed by atoms with Crippen molar-refractivity contribution in [2.24, 2.45) is 5.73 Å². The van der Waals surface area contributed by atoms with E-state index < -0.39 is 0 Å². The van der Waals surface area contributed by atoms with Crippen LogP contribution in [0.2, 0.25) is 0 Å². The summed E-state index contributed by atoms with van der Waals surface area (Å²) in [5.74, 6) is 0.909. The summed E-state index contributed by atoms with van der Waals surface area (Å²) in [6, 6.07) is 0.326. The summed E-state index contributed by atoms with van der Waals surface area (Å²) in [4.78, 5) is 21.7. The summed E-state index contributed by atoms with van der Waals surface area (Å²) >= 11 is 0. The van der Waals surface area contributed by atoms with Gasteiger partial charge in [0, 0.05) is 11.6 Å². The standard InChI is InChI=1S/C13H21N5O/c1-2-10-12(15)16-8-17-13(10)18(7-11(14)19)9-5-3-4-6-9/h8-9H,2-7H2,1H3,(H2,14,19)(H2,15,16,17). The lowest BCUT2D eigenvalue weighted by Crippen LogP contribution is -2.41. The maximum absolute atomic E-state index is 11.3. The van der Waals surface area contributed by atoms with Crippen LogP contribution in [-0.4, -0.2) is 28.5 Å². The van der Waals surface area contributed by atoms with Crippen molar-refractivity contribution in [2.75, 3.05) is 17.2 Å². The molecule has 1 fully saturated rings. The van der Waals surface area contributed by atoms with E-state index in [0.717, 1.165) is 30.6 Å². The van der Waals surface area contributed by atoms with Crippen LogP contribution in [0.3, 0.4) is 0 Å². The quantitative estimate of drug-likeness (QED) is 0.820. The maximum atomic E-state index is 11.3. The van der Waals surface area contributed by atoms with Crippen LogP contribution < -0.4 is 16.4 Å². The van der Waals surface area contributed by atoms with Gasteiger partial charge in [-0.2, -0.15) is 0 Å². The van der Waals surface area contributed by atoms with Crippen molar-refractivity contribution < 1.29 is 4.79 Å². The van der Waals surface area contributed by atoms with Crippen LogP contribution in [0.1, 0.15) is 38.2 Å². The number of carbonyl (C=O) groups excluding carboxylic acids is 1. The number of aromatic nitrogens is 2. The van der Waals surface area contributed by atoms with E-state index in [9.17, 15) is 4.79 Å². The molecule has 2 rings (SSSR count). The van der Waals surface area contributed by atoms with Crippen molar-refractivity contribution in [2.45, 2.75) is 45.1 Å². The summed E-state index contributed by atoms with van der Waals surface area (Å²) in [5, 5.41) is 0. The average Bonchev–Trinajstić information content (AvgIpc) is 2.89. The topological polar surface area (TPSA) is 98.1 Å². The molecule has 0 saturated heterocycles. The van der Waals surface area contributed by atoms with Crippen LogP contribution in [0.25, 0.3) is 0 Å². The van der Waals surface area contributed by atoms with E-state index in [2.05, 4.69) is 9.97 Å². The van der Waals surface area contributed by atoms with Gasteiger partial charge in [-0.3, -0.25) is 4.79 Å². The van der Waals surface area contributed by atoms with Crippen molar-refractivity contribution in [3.05, 3.63) is 11.9 Å². The molecule has 1 saturated carbocycles. The third-order valence-electron chi connectivity index (χ3n) is 3.67. The van der Waals surface area contributed by atoms with Gasteiger partial charge in [0.1, 0.15) is 18.0 Å². The normalized spacial score (nSPS) is 15.6. The number of rotatable bonds is 5. The number of nitrogen functional groups attached to an aromatic ring is 1. The van der Waals surface area contributed by atoms with Crippen LogP contribution >= 0.6 is 0 Å². The molecular formula is C13H21N5O. The van der Waals surface area contributed by atoms with Crippen LogP contribution in [-0.2, 0) is 11.2 Å². The molecule has 0 radical (unpaired) electrons. The van der Waals surface area contributed by atoms with Crippen molar-refractivity contribution in [1.82, 2.24) is 9.97 Å². The minimum absolute atomic E-state index is 0.189. The Balaban J connectivity index is 2.36. The number of hydrogen-bond donors (Lipinski definition) is 2. The van der Waals surface area contributed by atoms with Crippen LogP contribution in [0.4, 0.5) is 11.6 Å². The lowest BCUT2D eigenvalue weighted by molar-refractivity contribution is -0.116. The number of amides is 1. The molecule has 1 aliphatic carbocycles. The van der Waals surface area contributed by atoms with Crippen LogP contribution in [0.5, 0.6) is 0 Å². The number of carbonyl (C=O) groups is 1. The molecule has 0 aromatic carbocycles. The minimum atomic E-state index is -0.342. The highest BCUT2D eigenvalue weighted by molar-refractivity contribution is 5.80. The Hall–Kier alpha value is -1.85. The summed E-state index contributed by atoms with van der Waals surface area (Å²) < 4.78 is 0. The van der Waals surface area contributed by atoms with E-state index in [-0.39, 0.29) is 12.5 Å². The molecule has 4 N–H and O–H groups in total. The molecule has 6 heteroatoms. The molecule has 0 spiro atoms. The molecule has 1 aromatic rings. The second-order valence-corrected chi connectivity index (χ2v) is 4.95. The molecule has 1 aliphatic rings. The fraction of sp³-hybridized carbons (Fsp3) is 0.615. The molecule has 6 nitrogen and oxygen atoms in total. The number of nitrogens with zero attached hydrogens (tertiary/aromatic N) is 3. The average molecular weight is 263 g/mol. The zero-order valence-corrected chi connectivity index (χ0v) is 11.3. The predicted octanol–water partition coefficient (Wildman–Crippen LogP) is 0.855. The van der Waals surface area contributed by atoms with E-state index in [1.165, 1.54) is 19.2 Å². The Labute approximate surface area is 113 Å². The minimum Gasteiger partial charge on any atom is -0.383 e. The first-order valence-electron chi connectivity index (χ1n) is 6.77. The van der Waals surface area contributed by atoms with Crippen molar-refractivity contribution in [3.63, 3.8) is 0 Å². The van der Waals surface area contributed by atoms with Crippen LogP contribution in [0, 0.1) is 0 Å². The van der Waals surface area contributed by atoms with Gasteiger partial charge in [0.15, 0.2) is 0 Å². The summed E-state index contributed by atoms with van der Waals surface area (Å²) in [5.41, 5.74) is 12.2. The van der Waals surface area contributed by atoms with Gasteiger partial charge < -0.3 is 16.4 Å². The maximum Gasteiger partial charge on any atom is 0.237 e. The van der Waals surface area contributed by atoms with E-state index in [1.54, 1.807) is 0 Å².